The van der Waals surface area contributed by atoms with Crippen molar-refractivity contribution in [3.05, 3.63) is 47.9 Å². The molecule has 8 nitrogen and oxygen atoms in total. The van der Waals surface area contributed by atoms with Crippen LogP contribution in [0.3, 0.4) is 0 Å². The Morgan fingerprint density at radius 3 is 2.62 bits per heavy atom. The Hall–Kier alpha value is -3.16. The highest BCUT2D eigenvalue weighted by Crippen LogP contribution is 2.19. The summed E-state index contributed by atoms with van der Waals surface area (Å²) in [4.78, 5) is 16.2. The largest absolute Gasteiger partial charge is 0.497 e. The van der Waals surface area contributed by atoms with Gasteiger partial charge in [0, 0.05) is 31.8 Å². The Labute approximate surface area is 171 Å². The van der Waals surface area contributed by atoms with Gasteiger partial charge in [-0.2, -0.15) is 0 Å². The van der Waals surface area contributed by atoms with Crippen molar-refractivity contribution < 1.29 is 18.7 Å². The van der Waals surface area contributed by atoms with Gasteiger partial charge < -0.3 is 29.8 Å². The predicted octanol–water partition coefficient (Wildman–Crippen LogP) is 2.35. The molecule has 0 aliphatic rings. The van der Waals surface area contributed by atoms with Gasteiger partial charge in [0.25, 0.3) is 5.91 Å². The molecule has 3 N–H and O–H groups in total. The number of furan rings is 1. The van der Waals surface area contributed by atoms with Crippen LogP contribution in [0.15, 0.2) is 46.0 Å². The van der Waals surface area contributed by atoms with Crippen molar-refractivity contribution in [3.8, 4) is 11.5 Å². The second-order valence-electron chi connectivity index (χ2n) is 6.53. The zero-order chi connectivity index (χ0) is 21.1. The lowest BCUT2D eigenvalue weighted by Crippen LogP contribution is -2.42. The van der Waals surface area contributed by atoms with Gasteiger partial charge in [-0.1, -0.05) is 6.07 Å². The number of amides is 1. The van der Waals surface area contributed by atoms with Crippen LogP contribution in [0.2, 0.25) is 0 Å². The molecule has 1 aromatic carbocycles. The first-order chi connectivity index (χ1) is 14.0. The van der Waals surface area contributed by atoms with Crippen LogP contribution in [-0.4, -0.2) is 51.8 Å². The summed E-state index contributed by atoms with van der Waals surface area (Å²) in [5.41, 5.74) is 0.829. The molecule has 2 rings (SSSR count). The molecule has 0 saturated heterocycles. The number of hydrogen-bond acceptors (Lipinski definition) is 5. The summed E-state index contributed by atoms with van der Waals surface area (Å²) in [6.45, 7) is 5.62. The third-order valence-electron chi connectivity index (χ3n) is 4.16. The average Bonchev–Trinajstić information content (AvgIpc) is 3.16. The molecule has 0 saturated carbocycles. The number of rotatable bonds is 10. The van der Waals surface area contributed by atoms with Crippen LogP contribution in [0.4, 0.5) is 0 Å². The van der Waals surface area contributed by atoms with E-state index in [0.717, 1.165) is 23.5 Å². The predicted molar refractivity (Wildman–Crippen MR) is 113 cm³/mol. The van der Waals surface area contributed by atoms with Crippen LogP contribution in [0, 0.1) is 6.92 Å². The molecular formula is C21H30N4O4. The molecule has 158 valence electrons. The van der Waals surface area contributed by atoms with Crippen LogP contribution in [0.25, 0.3) is 0 Å². The number of nitrogens with one attached hydrogen (secondary N) is 3. The normalized spacial score (nSPS) is 12.2. The number of nitrogens with zero attached hydrogens (tertiary/aromatic N) is 1. The smallest absolute Gasteiger partial charge is 0.287 e. The van der Waals surface area contributed by atoms with Crippen LogP contribution < -0.4 is 25.4 Å². The summed E-state index contributed by atoms with van der Waals surface area (Å²) in [5.74, 6) is 2.36. The van der Waals surface area contributed by atoms with Crippen LogP contribution in [0.1, 0.15) is 29.5 Å². The lowest BCUT2D eigenvalue weighted by molar-refractivity contribution is 0.0925. The molecule has 2 aromatic rings. The van der Waals surface area contributed by atoms with Gasteiger partial charge in [-0.3, -0.25) is 9.79 Å². The molecule has 0 aliphatic heterocycles. The lowest BCUT2D eigenvalue weighted by atomic mass is 10.2. The maximum absolute atomic E-state index is 12.0. The molecule has 0 bridgehead atoms. The van der Waals surface area contributed by atoms with Crippen LogP contribution in [0.5, 0.6) is 11.5 Å². The van der Waals surface area contributed by atoms with Gasteiger partial charge in [-0.15, -0.1) is 0 Å². The van der Waals surface area contributed by atoms with E-state index in [1.807, 2.05) is 38.1 Å². The highest BCUT2D eigenvalue weighted by molar-refractivity contribution is 5.92. The van der Waals surface area contributed by atoms with E-state index < -0.39 is 0 Å². The van der Waals surface area contributed by atoms with Gasteiger partial charge in [0.1, 0.15) is 17.6 Å². The second-order valence-corrected chi connectivity index (χ2v) is 6.53. The second kappa shape index (κ2) is 11.6. The molecule has 0 radical (unpaired) electrons. The number of aryl methyl sites for hydroxylation is 1. The number of aliphatic imine (C=N–C) groups is 1. The topological polar surface area (TPSA) is 97.1 Å². The van der Waals surface area contributed by atoms with E-state index in [0.29, 0.717) is 31.4 Å². The summed E-state index contributed by atoms with van der Waals surface area (Å²) in [5, 5.41) is 9.28. The average molecular weight is 402 g/mol. The Balaban J connectivity index is 1.63. The first kappa shape index (κ1) is 22.1. The van der Waals surface area contributed by atoms with Gasteiger partial charge in [0.05, 0.1) is 19.9 Å². The summed E-state index contributed by atoms with van der Waals surface area (Å²) in [6.07, 6.45) is 2.21. The lowest BCUT2D eigenvalue weighted by Gasteiger charge is -2.18. The van der Waals surface area contributed by atoms with Gasteiger partial charge in [0.15, 0.2) is 11.7 Å². The van der Waals surface area contributed by atoms with Gasteiger partial charge in [-0.25, -0.2) is 0 Å². The molecule has 1 atom stereocenters. The van der Waals surface area contributed by atoms with Crippen LogP contribution >= 0.6 is 0 Å². The minimum atomic E-state index is -0.196. The molecule has 0 fully saturated rings. The summed E-state index contributed by atoms with van der Waals surface area (Å²) >= 11 is 0. The van der Waals surface area contributed by atoms with Crippen molar-refractivity contribution in [3.63, 3.8) is 0 Å². The van der Waals surface area contributed by atoms with Crippen molar-refractivity contribution in [1.29, 1.82) is 0 Å². The quantitative estimate of drug-likeness (QED) is 0.321. The molecule has 0 spiro atoms. The summed E-state index contributed by atoms with van der Waals surface area (Å²) in [6, 6.07) is 9.28. The van der Waals surface area contributed by atoms with E-state index in [9.17, 15) is 4.79 Å². The van der Waals surface area contributed by atoms with Crippen molar-refractivity contribution in [1.82, 2.24) is 16.0 Å². The Kier molecular flexibility index (Phi) is 8.88. The highest BCUT2D eigenvalue weighted by Gasteiger charge is 2.11. The number of benzene rings is 1. The number of carbonyl (C=O) groups is 1. The molecule has 29 heavy (non-hydrogen) atoms. The Morgan fingerprint density at radius 2 is 1.93 bits per heavy atom. The monoisotopic (exact) mass is 402 g/mol. The van der Waals surface area contributed by atoms with Crippen molar-refractivity contribution in [2.24, 2.45) is 4.99 Å². The first-order valence-electron chi connectivity index (χ1n) is 9.61. The fraction of sp³-hybridized carbons (Fsp3) is 0.429. The van der Waals surface area contributed by atoms with E-state index in [1.165, 1.54) is 6.26 Å². The van der Waals surface area contributed by atoms with E-state index in [1.54, 1.807) is 20.2 Å². The number of guanidine groups is 1. The maximum atomic E-state index is 12.0. The molecule has 1 unspecified atom stereocenters. The maximum Gasteiger partial charge on any atom is 0.287 e. The third kappa shape index (κ3) is 7.40. The first-order valence-corrected chi connectivity index (χ1v) is 9.61. The van der Waals surface area contributed by atoms with E-state index in [2.05, 4.69) is 20.9 Å². The fourth-order valence-electron chi connectivity index (χ4n) is 2.59. The molecule has 1 heterocycles. The van der Waals surface area contributed by atoms with Crippen molar-refractivity contribution >= 4 is 11.9 Å². The minimum absolute atomic E-state index is 0.0588. The standard InChI is InChI=1S/C21H30N4O4/c1-15-9-12-28-19(15)20(26)23-10-6-11-24-21(22-3)25-14-16(2)29-18-8-5-7-17(13-18)27-4/h5,7-9,12-13,16H,6,10-11,14H2,1-4H3,(H,23,26)(H2,22,24,25). The van der Waals surface area contributed by atoms with Gasteiger partial charge in [-0.05, 0) is 38.5 Å². The summed E-state index contributed by atoms with van der Waals surface area (Å²) < 4.78 is 16.3. The van der Waals surface area contributed by atoms with E-state index >= 15 is 0 Å². The Morgan fingerprint density at radius 1 is 1.17 bits per heavy atom. The van der Waals surface area contributed by atoms with E-state index in [-0.39, 0.29) is 12.0 Å². The molecular weight excluding hydrogens is 372 g/mol. The zero-order valence-electron chi connectivity index (χ0n) is 17.5. The number of ether oxygens (including phenoxy) is 2. The van der Waals surface area contributed by atoms with Gasteiger partial charge >= 0.3 is 0 Å². The van der Waals surface area contributed by atoms with Crippen molar-refractivity contribution in [2.75, 3.05) is 33.8 Å². The minimum Gasteiger partial charge on any atom is -0.497 e. The highest BCUT2D eigenvalue weighted by atomic mass is 16.5. The molecule has 8 heteroatoms. The number of hydrogen-bond donors (Lipinski definition) is 3. The molecule has 1 amide bonds. The van der Waals surface area contributed by atoms with Gasteiger partial charge in [0.2, 0.25) is 0 Å². The number of methoxy groups -OCH3 is 1. The van der Waals surface area contributed by atoms with Crippen LogP contribution in [-0.2, 0) is 0 Å². The third-order valence-corrected chi connectivity index (χ3v) is 4.16. The number of carbonyl (C=O) groups excluding carboxylic acids is 1. The fourth-order valence-corrected chi connectivity index (χ4v) is 2.59. The van der Waals surface area contributed by atoms with Crippen molar-refractivity contribution in [2.45, 2.75) is 26.4 Å². The Bertz CT molecular complexity index is 803. The summed E-state index contributed by atoms with van der Waals surface area (Å²) in [7, 11) is 3.34. The molecule has 1 aromatic heterocycles. The SMILES string of the molecule is CN=C(NCCCNC(=O)c1occc1C)NCC(C)Oc1cccc(OC)c1. The molecule has 0 aliphatic carbocycles. The zero-order valence-corrected chi connectivity index (χ0v) is 17.5. The van der Waals surface area contributed by atoms with E-state index in [4.69, 9.17) is 13.9 Å².